The fraction of sp³-hybridized carbons (Fsp3) is 0.133. The summed E-state index contributed by atoms with van der Waals surface area (Å²) < 4.78 is 5.24. The van der Waals surface area contributed by atoms with E-state index in [2.05, 4.69) is 15.3 Å². The van der Waals surface area contributed by atoms with Gasteiger partial charge in [-0.15, -0.1) is 11.3 Å². The van der Waals surface area contributed by atoms with Gasteiger partial charge in [0.2, 0.25) is 5.89 Å². The van der Waals surface area contributed by atoms with Gasteiger partial charge in [-0.1, -0.05) is 6.07 Å². The molecule has 0 saturated carbocycles. The van der Waals surface area contributed by atoms with Crippen LogP contribution in [0.4, 0.5) is 0 Å². The molecule has 0 radical (unpaired) electrons. The van der Waals surface area contributed by atoms with Crippen molar-refractivity contribution in [3.8, 4) is 11.5 Å². The summed E-state index contributed by atoms with van der Waals surface area (Å²) in [6, 6.07) is 7.18. The van der Waals surface area contributed by atoms with Crippen molar-refractivity contribution in [2.45, 2.75) is 13.5 Å². The SMILES string of the molecule is Cc1csc(CNC(=O)c2cccc(-c3ncco3)c2)n1. The van der Waals surface area contributed by atoms with Crippen LogP contribution in [0.5, 0.6) is 0 Å². The van der Waals surface area contributed by atoms with Gasteiger partial charge >= 0.3 is 0 Å². The number of benzene rings is 1. The van der Waals surface area contributed by atoms with E-state index in [1.807, 2.05) is 24.4 Å². The molecule has 0 unspecified atom stereocenters. The molecule has 1 aromatic carbocycles. The van der Waals surface area contributed by atoms with Crippen molar-refractivity contribution in [2.75, 3.05) is 0 Å². The fourth-order valence-electron chi connectivity index (χ4n) is 1.90. The van der Waals surface area contributed by atoms with Crippen molar-refractivity contribution in [2.24, 2.45) is 0 Å². The Bertz CT molecular complexity index is 750. The van der Waals surface area contributed by atoms with Gasteiger partial charge in [-0.3, -0.25) is 4.79 Å². The molecule has 0 aliphatic heterocycles. The van der Waals surface area contributed by atoms with Crippen molar-refractivity contribution in [1.29, 1.82) is 0 Å². The molecule has 0 spiro atoms. The van der Waals surface area contributed by atoms with Crippen LogP contribution in [0.3, 0.4) is 0 Å². The predicted molar refractivity (Wildman–Crippen MR) is 80.0 cm³/mol. The maximum Gasteiger partial charge on any atom is 0.251 e. The molecule has 1 N–H and O–H groups in total. The highest BCUT2D eigenvalue weighted by atomic mass is 32.1. The molecule has 2 heterocycles. The molecule has 21 heavy (non-hydrogen) atoms. The highest BCUT2D eigenvalue weighted by Crippen LogP contribution is 2.18. The van der Waals surface area contributed by atoms with Crippen LogP contribution in [0, 0.1) is 6.92 Å². The van der Waals surface area contributed by atoms with Gasteiger partial charge in [-0.25, -0.2) is 9.97 Å². The molecular weight excluding hydrogens is 286 g/mol. The minimum atomic E-state index is -0.142. The standard InChI is InChI=1S/C15H13N3O2S/c1-10-9-21-13(18-10)8-17-14(19)11-3-2-4-12(7-11)15-16-5-6-20-15/h2-7,9H,8H2,1H3,(H,17,19). The van der Waals surface area contributed by atoms with Gasteiger partial charge in [-0.05, 0) is 25.1 Å². The summed E-state index contributed by atoms with van der Waals surface area (Å²) in [4.78, 5) is 20.6. The number of hydrogen-bond acceptors (Lipinski definition) is 5. The number of aromatic nitrogens is 2. The normalized spacial score (nSPS) is 10.5. The van der Waals surface area contributed by atoms with Gasteiger partial charge in [0.15, 0.2) is 0 Å². The third-order valence-corrected chi connectivity index (χ3v) is 3.84. The van der Waals surface area contributed by atoms with Crippen molar-refractivity contribution in [3.63, 3.8) is 0 Å². The van der Waals surface area contributed by atoms with E-state index in [-0.39, 0.29) is 5.91 Å². The van der Waals surface area contributed by atoms with Crippen LogP contribution < -0.4 is 5.32 Å². The Hall–Kier alpha value is -2.47. The third-order valence-electron chi connectivity index (χ3n) is 2.87. The van der Waals surface area contributed by atoms with Crippen LogP contribution in [0.25, 0.3) is 11.5 Å². The van der Waals surface area contributed by atoms with Crippen molar-refractivity contribution in [3.05, 3.63) is 58.4 Å². The van der Waals surface area contributed by atoms with E-state index in [0.29, 0.717) is 18.0 Å². The summed E-state index contributed by atoms with van der Waals surface area (Å²) in [5, 5.41) is 5.72. The van der Waals surface area contributed by atoms with Crippen LogP contribution >= 0.6 is 11.3 Å². The van der Waals surface area contributed by atoms with E-state index in [4.69, 9.17) is 4.42 Å². The minimum Gasteiger partial charge on any atom is -0.445 e. The monoisotopic (exact) mass is 299 g/mol. The summed E-state index contributed by atoms with van der Waals surface area (Å²) >= 11 is 1.54. The molecule has 0 aliphatic carbocycles. The number of carbonyl (C=O) groups is 1. The second-order valence-corrected chi connectivity index (χ2v) is 5.43. The number of oxazole rings is 1. The van der Waals surface area contributed by atoms with Crippen molar-refractivity contribution >= 4 is 17.2 Å². The van der Waals surface area contributed by atoms with Crippen LogP contribution in [-0.4, -0.2) is 15.9 Å². The molecule has 3 aromatic rings. The molecule has 1 amide bonds. The quantitative estimate of drug-likeness (QED) is 0.804. The topological polar surface area (TPSA) is 68.0 Å². The average Bonchev–Trinajstić information content (AvgIpc) is 3.16. The second-order valence-electron chi connectivity index (χ2n) is 4.48. The number of carbonyl (C=O) groups excluding carboxylic acids is 1. The van der Waals surface area contributed by atoms with E-state index in [0.717, 1.165) is 16.3 Å². The molecule has 0 bridgehead atoms. The van der Waals surface area contributed by atoms with E-state index < -0.39 is 0 Å². The van der Waals surface area contributed by atoms with Gasteiger partial charge in [-0.2, -0.15) is 0 Å². The number of rotatable bonds is 4. The van der Waals surface area contributed by atoms with Crippen LogP contribution in [0.2, 0.25) is 0 Å². The second kappa shape index (κ2) is 5.88. The van der Waals surface area contributed by atoms with Gasteiger partial charge in [0.1, 0.15) is 11.3 Å². The maximum absolute atomic E-state index is 12.2. The smallest absolute Gasteiger partial charge is 0.251 e. The molecule has 0 fully saturated rings. The number of amides is 1. The molecule has 2 aromatic heterocycles. The number of hydrogen-bond donors (Lipinski definition) is 1. The third kappa shape index (κ3) is 3.17. The lowest BCUT2D eigenvalue weighted by Crippen LogP contribution is -2.22. The highest BCUT2D eigenvalue weighted by molar-refractivity contribution is 7.09. The molecular formula is C15H13N3O2S. The summed E-state index contributed by atoms with van der Waals surface area (Å²) in [5.74, 6) is 0.358. The lowest BCUT2D eigenvalue weighted by molar-refractivity contribution is 0.0951. The summed E-state index contributed by atoms with van der Waals surface area (Å²) in [7, 11) is 0. The molecule has 0 atom stereocenters. The van der Waals surface area contributed by atoms with E-state index >= 15 is 0 Å². The molecule has 5 nitrogen and oxygen atoms in total. The van der Waals surface area contributed by atoms with Gasteiger partial charge in [0.25, 0.3) is 5.91 Å². The van der Waals surface area contributed by atoms with Crippen molar-refractivity contribution in [1.82, 2.24) is 15.3 Å². The maximum atomic E-state index is 12.2. The Kier molecular flexibility index (Phi) is 3.79. The molecule has 6 heteroatoms. The number of nitrogens with one attached hydrogen (secondary N) is 1. The Morgan fingerprint density at radius 3 is 3.05 bits per heavy atom. The predicted octanol–water partition coefficient (Wildman–Crippen LogP) is 3.04. The lowest BCUT2D eigenvalue weighted by Gasteiger charge is -2.04. The first-order chi connectivity index (χ1) is 10.2. The number of nitrogens with zero attached hydrogens (tertiary/aromatic N) is 2. The molecule has 3 rings (SSSR count). The summed E-state index contributed by atoms with van der Waals surface area (Å²) in [6.07, 6.45) is 3.08. The zero-order chi connectivity index (χ0) is 14.7. The van der Waals surface area contributed by atoms with E-state index in [9.17, 15) is 4.79 Å². The van der Waals surface area contributed by atoms with E-state index in [1.165, 1.54) is 17.6 Å². The number of aryl methyl sites for hydroxylation is 1. The molecule has 106 valence electrons. The Labute approximate surface area is 125 Å². The van der Waals surface area contributed by atoms with Crippen LogP contribution in [0.15, 0.2) is 46.5 Å². The molecule has 0 aliphatic rings. The fourth-order valence-corrected chi connectivity index (χ4v) is 2.61. The van der Waals surface area contributed by atoms with Gasteiger partial charge < -0.3 is 9.73 Å². The minimum absolute atomic E-state index is 0.142. The Balaban J connectivity index is 1.71. The zero-order valence-electron chi connectivity index (χ0n) is 11.4. The largest absolute Gasteiger partial charge is 0.445 e. The van der Waals surface area contributed by atoms with Crippen LogP contribution in [-0.2, 0) is 6.54 Å². The Morgan fingerprint density at radius 1 is 1.43 bits per heavy atom. The summed E-state index contributed by atoms with van der Waals surface area (Å²) in [5.41, 5.74) is 2.31. The average molecular weight is 299 g/mol. The zero-order valence-corrected chi connectivity index (χ0v) is 12.2. The highest BCUT2D eigenvalue weighted by Gasteiger charge is 2.09. The number of thiazole rings is 1. The Morgan fingerprint density at radius 2 is 2.33 bits per heavy atom. The van der Waals surface area contributed by atoms with Gasteiger partial charge in [0, 0.05) is 22.2 Å². The lowest BCUT2D eigenvalue weighted by atomic mass is 10.1. The van der Waals surface area contributed by atoms with Gasteiger partial charge in [0.05, 0.1) is 12.7 Å². The van der Waals surface area contributed by atoms with E-state index in [1.54, 1.807) is 18.3 Å². The van der Waals surface area contributed by atoms with Crippen LogP contribution in [0.1, 0.15) is 21.1 Å². The first-order valence-corrected chi connectivity index (χ1v) is 7.29. The summed E-state index contributed by atoms with van der Waals surface area (Å²) in [6.45, 7) is 2.36. The first kappa shape index (κ1) is 13.5. The van der Waals surface area contributed by atoms with Crippen molar-refractivity contribution < 1.29 is 9.21 Å². The molecule has 0 saturated heterocycles. The first-order valence-electron chi connectivity index (χ1n) is 6.41.